The lowest BCUT2D eigenvalue weighted by Gasteiger charge is -2.27. The Bertz CT molecular complexity index is 842. The molecular weight excluding hydrogens is 378 g/mol. The maximum absolute atomic E-state index is 5.47. The van der Waals surface area contributed by atoms with Gasteiger partial charge in [0.25, 0.3) is 0 Å². The van der Waals surface area contributed by atoms with Gasteiger partial charge in [-0.1, -0.05) is 24.3 Å². The second kappa shape index (κ2) is 10.5. The number of aryl methyl sites for hydroxylation is 1. The third-order valence-electron chi connectivity index (χ3n) is 5.72. The van der Waals surface area contributed by atoms with Crippen LogP contribution in [0.3, 0.4) is 0 Å². The fourth-order valence-corrected chi connectivity index (χ4v) is 4.03. The minimum Gasteiger partial charge on any atom is -0.379 e. The zero-order valence-electron chi connectivity index (χ0n) is 17.9. The van der Waals surface area contributed by atoms with Crippen LogP contribution in [-0.4, -0.2) is 58.5 Å². The molecule has 0 radical (unpaired) electrons. The van der Waals surface area contributed by atoms with Crippen LogP contribution in [0.25, 0.3) is 0 Å². The molecule has 1 saturated heterocycles. The fraction of sp³-hybridized carbons (Fsp3) is 0.591. The van der Waals surface area contributed by atoms with Crippen LogP contribution in [0.1, 0.15) is 42.5 Å². The lowest BCUT2D eigenvalue weighted by atomic mass is 10.1. The summed E-state index contributed by atoms with van der Waals surface area (Å²) < 4.78 is 7.72. The van der Waals surface area contributed by atoms with Gasteiger partial charge in [-0.3, -0.25) is 4.90 Å². The summed E-state index contributed by atoms with van der Waals surface area (Å²) in [7, 11) is 0. The van der Waals surface area contributed by atoms with Crippen molar-refractivity contribution < 1.29 is 4.74 Å². The summed E-state index contributed by atoms with van der Waals surface area (Å²) in [5.41, 5.74) is 2.60. The third-order valence-corrected chi connectivity index (χ3v) is 5.72. The highest BCUT2D eigenvalue weighted by Crippen LogP contribution is 2.15. The summed E-state index contributed by atoms with van der Waals surface area (Å²) in [5.74, 6) is 2.91. The summed E-state index contributed by atoms with van der Waals surface area (Å²) in [6.07, 6.45) is 3.44. The van der Waals surface area contributed by atoms with E-state index in [1.807, 2.05) is 0 Å². The molecule has 3 heterocycles. The number of aliphatic imine (C=N–C) groups is 1. The molecule has 2 N–H and O–H groups in total. The van der Waals surface area contributed by atoms with Gasteiger partial charge in [-0.05, 0) is 30.9 Å². The van der Waals surface area contributed by atoms with Gasteiger partial charge < -0.3 is 19.9 Å². The summed E-state index contributed by atoms with van der Waals surface area (Å²) in [6, 6.07) is 8.60. The van der Waals surface area contributed by atoms with Crippen LogP contribution >= 0.6 is 0 Å². The Morgan fingerprint density at radius 2 is 1.90 bits per heavy atom. The molecule has 0 atom stereocenters. The number of hydrogen-bond donors (Lipinski definition) is 2. The van der Waals surface area contributed by atoms with E-state index in [0.717, 1.165) is 70.0 Å². The van der Waals surface area contributed by atoms with Crippen LogP contribution < -0.4 is 10.6 Å². The number of nitrogens with one attached hydrogen (secondary N) is 2. The molecule has 0 spiro atoms. The summed E-state index contributed by atoms with van der Waals surface area (Å²) >= 11 is 0. The minimum absolute atomic E-state index is 0.633. The monoisotopic (exact) mass is 411 g/mol. The first-order valence-corrected chi connectivity index (χ1v) is 11.1. The van der Waals surface area contributed by atoms with E-state index in [4.69, 9.17) is 9.73 Å². The third kappa shape index (κ3) is 5.37. The molecule has 0 unspecified atom stereocenters. The number of fused-ring (bicyclic) bond motifs is 1. The molecule has 2 aliphatic heterocycles. The summed E-state index contributed by atoms with van der Waals surface area (Å²) in [6.45, 7) is 9.77. The van der Waals surface area contributed by atoms with Crippen LogP contribution in [0.2, 0.25) is 0 Å². The Kier molecular flexibility index (Phi) is 7.31. The van der Waals surface area contributed by atoms with E-state index < -0.39 is 0 Å². The number of aromatic nitrogens is 3. The predicted octanol–water partition coefficient (Wildman–Crippen LogP) is 1.70. The van der Waals surface area contributed by atoms with Crippen LogP contribution in [0.5, 0.6) is 0 Å². The van der Waals surface area contributed by atoms with Gasteiger partial charge in [-0.25, -0.2) is 4.99 Å². The molecule has 0 aliphatic carbocycles. The van der Waals surface area contributed by atoms with Crippen molar-refractivity contribution >= 4 is 5.96 Å². The van der Waals surface area contributed by atoms with Crippen molar-refractivity contribution in [2.24, 2.45) is 4.99 Å². The highest BCUT2D eigenvalue weighted by molar-refractivity contribution is 5.79. The number of rotatable bonds is 7. The predicted molar refractivity (Wildman–Crippen MR) is 117 cm³/mol. The Hall–Kier alpha value is -2.45. The van der Waals surface area contributed by atoms with Crippen LogP contribution in [0.15, 0.2) is 29.3 Å². The molecule has 8 heteroatoms. The van der Waals surface area contributed by atoms with Crippen LogP contribution in [0.4, 0.5) is 0 Å². The van der Waals surface area contributed by atoms with Crippen molar-refractivity contribution in [2.75, 3.05) is 32.8 Å². The first kappa shape index (κ1) is 20.8. The molecule has 2 aliphatic rings. The van der Waals surface area contributed by atoms with Gasteiger partial charge in [-0.15, -0.1) is 10.2 Å². The molecule has 1 fully saturated rings. The molecule has 2 aromatic rings. The Morgan fingerprint density at radius 3 is 2.73 bits per heavy atom. The van der Waals surface area contributed by atoms with E-state index in [9.17, 15) is 0 Å². The van der Waals surface area contributed by atoms with Crippen molar-refractivity contribution in [1.82, 2.24) is 30.3 Å². The van der Waals surface area contributed by atoms with Crippen molar-refractivity contribution in [3.8, 4) is 0 Å². The average molecular weight is 412 g/mol. The number of ether oxygens (including phenoxy) is 1. The Balaban J connectivity index is 1.39. The number of benzene rings is 1. The second-order valence-electron chi connectivity index (χ2n) is 7.85. The standard InChI is InChI=1S/C22H33N7O/c1-2-23-22(25-16-21-27-26-20-9-5-6-10-29(20)21)24-15-18-7-3-4-8-19(18)17-28-11-13-30-14-12-28/h3-4,7-8H,2,5-6,9-17H2,1H3,(H2,23,24,25). The molecule has 162 valence electrons. The minimum atomic E-state index is 0.633. The molecule has 8 nitrogen and oxygen atoms in total. The fourth-order valence-electron chi connectivity index (χ4n) is 4.03. The van der Waals surface area contributed by atoms with Gasteiger partial charge >= 0.3 is 0 Å². The van der Waals surface area contributed by atoms with Crippen LogP contribution in [-0.2, 0) is 37.3 Å². The molecule has 0 bridgehead atoms. The van der Waals surface area contributed by atoms with Gasteiger partial charge in [0.15, 0.2) is 11.8 Å². The van der Waals surface area contributed by atoms with Gasteiger partial charge in [0.2, 0.25) is 0 Å². The molecule has 1 aromatic carbocycles. The smallest absolute Gasteiger partial charge is 0.191 e. The summed E-state index contributed by atoms with van der Waals surface area (Å²) in [4.78, 5) is 7.29. The maximum atomic E-state index is 5.47. The number of nitrogens with zero attached hydrogens (tertiary/aromatic N) is 5. The SMILES string of the molecule is CCNC(=NCc1ccccc1CN1CCOCC1)NCc1nnc2n1CCCC2. The largest absolute Gasteiger partial charge is 0.379 e. The molecular formula is C22H33N7O. The van der Waals surface area contributed by atoms with Gasteiger partial charge in [0.1, 0.15) is 5.82 Å². The van der Waals surface area contributed by atoms with E-state index in [0.29, 0.717) is 13.1 Å². The molecule has 0 amide bonds. The lowest BCUT2D eigenvalue weighted by Crippen LogP contribution is -2.37. The quantitative estimate of drug-likeness (QED) is 0.533. The van der Waals surface area contributed by atoms with Gasteiger partial charge in [-0.2, -0.15) is 0 Å². The van der Waals surface area contributed by atoms with Crippen molar-refractivity contribution in [2.45, 2.75) is 52.4 Å². The normalized spacial score (nSPS) is 17.6. The van der Waals surface area contributed by atoms with Crippen molar-refractivity contribution in [3.05, 3.63) is 47.0 Å². The van der Waals surface area contributed by atoms with Crippen molar-refractivity contribution in [1.29, 1.82) is 0 Å². The van der Waals surface area contributed by atoms with Gasteiger partial charge in [0, 0.05) is 39.1 Å². The Morgan fingerprint density at radius 1 is 1.07 bits per heavy atom. The highest BCUT2D eigenvalue weighted by Gasteiger charge is 2.16. The summed E-state index contributed by atoms with van der Waals surface area (Å²) in [5, 5.41) is 15.5. The lowest BCUT2D eigenvalue weighted by molar-refractivity contribution is 0.0341. The Labute approximate surface area is 178 Å². The zero-order valence-corrected chi connectivity index (χ0v) is 17.9. The first-order chi connectivity index (χ1) is 14.8. The molecule has 30 heavy (non-hydrogen) atoms. The van der Waals surface area contributed by atoms with E-state index in [2.05, 4.69) is 61.5 Å². The number of morpholine rings is 1. The van der Waals surface area contributed by atoms with Crippen LogP contribution in [0, 0.1) is 0 Å². The van der Waals surface area contributed by atoms with Crippen molar-refractivity contribution in [3.63, 3.8) is 0 Å². The topological polar surface area (TPSA) is 79.6 Å². The van der Waals surface area contributed by atoms with Gasteiger partial charge in [0.05, 0.1) is 26.3 Å². The maximum Gasteiger partial charge on any atom is 0.191 e. The molecule has 4 rings (SSSR count). The average Bonchev–Trinajstić information content (AvgIpc) is 3.20. The molecule has 1 aromatic heterocycles. The van der Waals surface area contributed by atoms with E-state index in [1.54, 1.807) is 0 Å². The first-order valence-electron chi connectivity index (χ1n) is 11.1. The zero-order chi connectivity index (χ0) is 20.6. The second-order valence-corrected chi connectivity index (χ2v) is 7.85. The number of guanidine groups is 1. The number of hydrogen-bond acceptors (Lipinski definition) is 5. The van der Waals surface area contributed by atoms with E-state index in [1.165, 1.54) is 24.0 Å². The van der Waals surface area contributed by atoms with E-state index in [-0.39, 0.29) is 0 Å². The molecule has 0 saturated carbocycles. The highest BCUT2D eigenvalue weighted by atomic mass is 16.5. The van der Waals surface area contributed by atoms with E-state index >= 15 is 0 Å².